The number of nitrogens with one attached hydrogen (secondary N) is 1. The van der Waals surface area contributed by atoms with Gasteiger partial charge in [-0.15, -0.1) is 11.8 Å². The van der Waals surface area contributed by atoms with Gasteiger partial charge in [0, 0.05) is 30.8 Å². The molecule has 0 saturated carbocycles. The maximum atomic E-state index is 10.6. The van der Waals surface area contributed by atoms with Crippen molar-refractivity contribution in [3.05, 3.63) is 0 Å². The van der Waals surface area contributed by atoms with Gasteiger partial charge in [0.05, 0.1) is 0 Å². The number of rotatable bonds is 1. The second-order valence-electron chi connectivity index (χ2n) is 3.22. The summed E-state index contributed by atoms with van der Waals surface area (Å²) in [6.45, 7) is 1.48. The largest absolute Gasteiger partial charge is 0.480 e. The summed E-state index contributed by atoms with van der Waals surface area (Å²) >= 11 is 1.89. The number of nitrogens with zero attached hydrogens (tertiary/aromatic N) is 1. The van der Waals surface area contributed by atoms with Crippen LogP contribution in [0.4, 0.5) is 0 Å². The lowest BCUT2D eigenvalue weighted by Crippen LogP contribution is -2.57. The van der Waals surface area contributed by atoms with Crippen molar-refractivity contribution < 1.29 is 9.90 Å². The molecule has 2 fully saturated rings. The van der Waals surface area contributed by atoms with Gasteiger partial charge in [0.25, 0.3) is 0 Å². The molecule has 0 amide bonds. The molecular weight excluding hydrogens is 176 g/mol. The summed E-state index contributed by atoms with van der Waals surface area (Å²) in [7, 11) is 0. The Kier molecular flexibility index (Phi) is 2.25. The van der Waals surface area contributed by atoms with Crippen LogP contribution in [-0.2, 0) is 4.79 Å². The Morgan fingerprint density at radius 3 is 3.25 bits per heavy atom. The Morgan fingerprint density at radius 1 is 1.67 bits per heavy atom. The van der Waals surface area contributed by atoms with Gasteiger partial charge >= 0.3 is 5.97 Å². The Morgan fingerprint density at radius 2 is 2.50 bits per heavy atom. The van der Waals surface area contributed by atoms with E-state index in [4.69, 9.17) is 5.11 Å². The van der Waals surface area contributed by atoms with Crippen LogP contribution in [-0.4, -0.2) is 52.8 Å². The van der Waals surface area contributed by atoms with Crippen molar-refractivity contribution in [3.63, 3.8) is 0 Å². The smallest absolute Gasteiger partial charge is 0.322 e. The van der Waals surface area contributed by atoms with Crippen molar-refractivity contribution in [1.82, 2.24) is 10.2 Å². The SMILES string of the molecule is O=C(O)C1CN2CSCC2CN1. The van der Waals surface area contributed by atoms with Crippen LogP contribution in [0.25, 0.3) is 0 Å². The minimum atomic E-state index is -0.731. The van der Waals surface area contributed by atoms with E-state index in [1.54, 1.807) is 0 Å². The van der Waals surface area contributed by atoms with E-state index in [1.807, 2.05) is 11.8 Å². The number of carbonyl (C=O) groups is 1. The van der Waals surface area contributed by atoms with Gasteiger partial charge in [-0.1, -0.05) is 0 Å². The van der Waals surface area contributed by atoms with Crippen molar-refractivity contribution >= 4 is 17.7 Å². The number of carboxylic acid groups (broad SMARTS) is 1. The molecule has 12 heavy (non-hydrogen) atoms. The molecular formula is C7H12N2O2S. The summed E-state index contributed by atoms with van der Waals surface area (Å²) in [6.07, 6.45) is 0. The molecule has 5 heteroatoms. The minimum Gasteiger partial charge on any atom is -0.480 e. The average Bonchev–Trinajstić information content (AvgIpc) is 2.49. The van der Waals surface area contributed by atoms with Crippen LogP contribution in [0.3, 0.4) is 0 Å². The molecule has 0 bridgehead atoms. The summed E-state index contributed by atoms with van der Waals surface area (Å²) in [4.78, 5) is 12.9. The van der Waals surface area contributed by atoms with E-state index in [2.05, 4.69) is 10.2 Å². The standard InChI is InChI=1S/C7H12N2O2S/c10-7(11)6-2-9-4-12-3-5(9)1-8-6/h5-6,8H,1-4H2,(H,10,11). The van der Waals surface area contributed by atoms with Gasteiger partial charge in [-0.2, -0.15) is 0 Å². The Hall–Kier alpha value is -0.260. The maximum Gasteiger partial charge on any atom is 0.322 e. The van der Waals surface area contributed by atoms with Gasteiger partial charge in [0.2, 0.25) is 0 Å². The van der Waals surface area contributed by atoms with Crippen molar-refractivity contribution in [3.8, 4) is 0 Å². The summed E-state index contributed by atoms with van der Waals surface area (Å²) in [5.41, 5.74) is 0. The fourth-order valence-corrected chi connectivity index (χ4v) is 2.91. The lowest BCUT2D eigenvalue weighted by atomic mass is 10.1. The second kappa shape index (κ2) is 3.24. The molecule has 0 aromatic carbocycles. The van der Waals surface area contributed by atoms with Crippen molar-refractivity contribution in [2.75, 3.05) is 24.7 Å². The Balaban J connectivity index is 1.96. The van der Waals surface area contributed by atoms with Gasteiger partial charge in [-0.25, -0.2) is 0 Å². The van der Waals surface area contributed by atoms with Gasteiger partial charge in [0.1, 0.15) is 6.04 Å². The van der Waals surface area contributed by atoms with E-state index >= 15 is 0 Å². The van der Waals surface area contributed by atoms with E-state index in [0.717, 1.165) is 18.2 Å². The van der Waals surface area contributed by atoms with Crippen LogP contribution in [0.2, 0.25) is 0 Å². The summed E-state index contributed by atoms with van der Waals surface area (Å²) < 4.78 is 0. The maximum absolute atomic E-state index is 10.6. The number of hydrogen-bond donors (Lipinski definition) is 2. The Labute approximate surface area is 75.3 Å². The quantitative estimate of drug-likeness (QED) is 0.576. The molecule has 4 nitrogen and oxygen atoms in total. The fraction of sp³-hybridized carbons (Fsp3) is 0.857. The van der Waals surface area contributed by atoms with E-state index in [9.17, 15) is 4.79 Å². The van der Waals surface area contributed by atoms with Crippen LogP contribution < -0.4 is 5.32 Å². The highest BCUT2D eigenvalue weighted by Gasteiger charge is 2.34. The first-order chi connectivity index (χ1) is 5.77. The first kappa shape index (κ1) is 8.34. The molecule has 0 aromatic heterocycles. The average molecular weight is 188 g/mol. The minimum absolute atomic E-state index is 0.361. The third-order valence-corrected chi connectivity index (χ3v) is 3.53. The van der Waals surface area contributed by atoms with Crippen molar-refractivity contribution in [1.29, 1.82) is 0 Å². The number of hydrogen-bond acceptors (Lipinski definition) is 4. The highest BCUT2D eigenvalue weighted by atomic mass is 32.2. The van der Waals surface area contributed by atoms with Gasteiger partial charge in [-0.3, -0.25) is 9.69 Å². The number of carboxylic acids is 1. The van der Waals surface area contributed by atoms with Crippen LogP contribution in [0.5, 0.6) is 0 Å². The molecule has 2 saturated heterocycles. The number of thioether (sulfide) groups is 1. The zero-order valence-electron chi connectivity index (χ0n) is 6.69. The van der Waals surface area contributed by atoms with Gasteiger partial charge in [-0.05, 0) is 0 Å². The molecule has 2 atom stereocenters. The third-order valence-electron chi connectivity index (χ3n) is 2.40. The summed E-state index contributed by atoms with van der Waals surface area (Å²) in [5, 5.41) is 11.8. The molecule has 2 heterocycles. The monoisotopic (exact) mass is 188 g/mol. The van der Waals surface area contributed by atoms with Crippen molar-refractivity contribution in [2.24, 2.45) is 0 Å². The van der Waals surface area contributed by atoms with Gasteiger partial charge < -0.3 is 10.4 Å². The first-order valence-electron chi connectivity index (χ1n) is 4.05. The topological polar surface area (TPSA) is 52.6 Å². The Bertz CT molecular complexity index is 200. The molecule has 0 radical (unpaired) electrons. The number of piperazine rings is 1. The van der Waals surface area contributed by atoms with Crippen LogP contribution in [0.15, 0.2) is 0 Å². The summed E-state index contributed by atoms with van der Waals surface area (Å²) in [5.74, 6) is 1.40. The second-order valence-corrected chi connectivity index (χ2v) is 4.22. The van der Waals surface area contributed by atoms with Crippen LogP contribution in [0, 0.1) is 0 Å². The molecule has 2 aliphatic heterocycles. The molecule has 2 N–H and O–H groups in total. The lowest BCUT2D eigenvalue weighted by Gasteiger charge is -2.33. The third kappa shape index (κ3) is 1.44. The predicted octanol–water partition coefficient (Wildman–Crippen LogP) is -0.582. The number of aliphatic carboxylic acids is 1. The van der Waals surface area contributed by atoms with Gasteiger partial charge in [0.15, 0.2) is 0 Å². The van der Waals surface area contributed by atoms with Crippen LogP contribution in [0.1, 0.15) is 0 Å². The zero-order chi connectivity index (χ0) is 8.55. The van der Waals surface area contributed by atoms with Crippen LogP contribution >= 0.6 is 11.8 Å². The molecule has 2 unspecified atom stereocenters. The predicted molar refractivity (Wildman–Crippen MR) is 47.2 cm³/mol. The van der Waals surface area contributed by atoms with E-state index in [1.165, 1.54) is 0 Å². The zero-order valence-corrected chi connectivity index (χ0v) is 7.51. The molecule has 68 valence electrons. The highest BCUT2D eigenvalue weighted by molar-refractivity contribution is 7.99. The summed E-state index contributed by atoms with van der Waals surface area (Å²) in [6, 6.07) is 0.200. The van der Waals surface area contributed by atoms with E-state index in [-0.39, 0.29) is 6.04 Å². The van der Waals surface area contributed by atoms with E-state index in [0.29, 0.717) is 12.6 Å². The fourth-order valence-electron chi connectivity index (χ4n) is 1.65. The molecule has 0 aliphatic carbocycles. The first-order valence-corrected chi connectivity index (χ1v) is 5.21. The molecule has 0 aromatic rings. The molecule has 2 aliphatic rings. The molecule has 2 rings (SSSR count). The molecule has 0 spiro atoms. The number of fused-ring (bicyclic) bond motifs is 1. The highest BCUT2D eigenvalue weighted by Crippen LogP contribution is 2.22. The normalized spacial score (nSPS) is 36.3. The van der Waals surface area contributed by atoms with Crippen molar-refractivity contribution in [2.45, 2.75) is 12.1 Å². The van der Waals surface area contributed by atoms with E-state index < -0.39 is 5.97 Å². The lowest BCUT2D eigenvalue weighted by molar-refractivity contribution is -0.140.